The number of hydrogen-bond acceptors (Lipinski definition) is 6. The summed E-state index contributed by atoms with van der Waals surface area (Å²) in [5, 5.41) is 16.2. The summed E-state index contributed by atoms with van der Waals surface area (Å²) in [5.74, 6) is -0.721. The Morgan fingerprint density at radius 3 is 2.55 bits per heavy atom. The second kappa shape index (κ2) is 11.6. The van der Waals surface area contributed by atoms with Gasteiger partial charge in [-0.25, -0.2) is 14.6 Å². The van der Waals surface area contributed by atoms with Crippen LogP contribution in [0.4, 0.5) is 4.79 Å². The molecule has 4 rings (SSSR count). The number of aromatic carboxylic acids is 1. The minimum absolute atomic E-state index is 0.127. The molecule has 2 heterocycles. The number of pyridine rings is 1. The number of rotatable bonds is 7. The van der Waals surface area contributed by atoms with Crippen LogP contribution in [0, 0.1) is 11.3 Å². The van der Waals surface area contributed by atoms with Crippen LogP contribution in [-0.4, -0.2) is 40.2 Å². The maximum absolute atomic E-state index is 13.4. The number of aromatic nitrogens is 1. The summed E-state index contributed by atoms with van der Waals surface area (Å²) in [6.07, 6.45) is 2.84. The van der Waals surface area contributed by atoms with Crippen molar-refractivity contribution in [1.29, 1.82) is 0 Å². The van der Waals surface area contributed by atoms with E-state index in [0.29, 0.717) is 22.8 Å². The van der Waals surface area contributed by atoms with E-state index in [4.69, 9.17) is 9.72 Å². The van der Waals surface area contributed by atoms with Gasteiger partial charge in [0.05, 0.1) is 16.5 Å². The van der Waals surface area contributed by atoms with Gasteiger partial charge in [0.15, 0.2) is 0 Å². The predicted molar refractivity (Wildman–Crippen MR) is 157 cm³/mol. The van der Waals surface area contributed by atoms with Crippen LogP contribution in [0.25, 0.3) is 10.2 Å². The zero-order valence-electron chi connectivity index (χ0n) is 24.1. The predicted octanol–water partition coefficient (Wildman–Crippen LogP) is 6.53. The fourth-order valence-corrected chi connectivity index (χ4v) is 5.98. The lowest BCUT2D eigenvalue weighted by Crippen LogP contribution is -2.35. The number of amides is 2. The molecule has 1 unspecified atom stereocenters. The number of fused-ring (bicyclic) bond motifs is 2. The lowest BCUT2D eigenvalue weighted by molar-refractivity contribution is 0.0525. The molecule has 9 heteroatoms. The lowest BCUT2D eigenvalue weighted by Gasteiger charge is -2.34. The molecule has 1 aliphatic rings. The summed E-state index contributed by atoms with van der Waals surface area (Å²) in [7, 11) is 0. The zero-order valence-corrected chi connectivity index (χ0v) is 24.9. The van der Waals surface area contributed by atoms with Crippen LogP contribution in [0.3, 0.4) is 0 Å². The average molecular weight is 566 g/mol. The van der Waals surface area contributed by atoms with Gasteiger partial charge in [0.25, 0.3) is 5.91 Å². The van der Waals surface area contributed by atoms with Gasteiger partial charge in [0.1, 0.15) is 10.4 Å². The largest absolute Gasteiger partial charge is 0.478 e. The van der Waals surface area contributed by atoms with Crippen LogP contribution in [-0.2, 0) is 17.6 Å². The molecule has 40 heavy (non-hydrogen) atoms. The van der Waals surface area contributed by atoms with E-state index in [2.05, 4.69) is 37.5 Å². The Kier molecular flexibility index (Phi) is 8.54. The molecule has 3 aromatic rings. The molecule has 0 fully saturated rings. The number of thiophene rings is 1. The SMILES string of the molecule is CC(C)(C)OC(=O)NCC[C@@H](NC(=O)c1cc2cc3c(nc2s1)CCC(C(C)(C)C)C3)c1cccc(C(=O)O)c1. The Morgan fingerprint density at radius 2 is 1.88 bits per heavy atom. The number of carbonyl (C=O) groups is 3. The van der Waals surface area contributed by atoms with Crippen molar-refractivity contribution in [3.8, 4) is 0 Å². The van der Waals surface area contributed by atoms with E-state index in [1.165, 1.54) is 23.0 Å². The van der Waals surface area contributed by atoms with Gasteiger partial charge in [0.2, 0.25) is 0 Å². The molecule has 1 aliphatic carbocycles. The Balaban J connectivity index is 1.53. The number of carboxylic acid groups (broad SMARTS) is 1. The number of carbonyl (C=O) groups excluding carboxylic acids is 2. The Morgan fingerprint density at radius 1 is 1.12 bits per heavy atom. The minimum Gasteiger partial charge on any atom is -0.478 e. The Labute approximate surface area is 239 Å². The third-order valence-electron chi connectivity index (χ3n) is 7.26. The summed E-state index contributed by atoms with van der Waals surface area (Å²) >= 11 is 1.36. The normalized spacial score (nSPS) is 16.2. The van der Waals surface area contributed by atoms with Crippen molar-refractivity contribution in [2.45, 2.75) is 78.9 Å². The monoisotopic (exact) mass is 565 g/mol. The molecule has 8 nitrogen and oxygen atoms in total. The summed E-state index contributed by atoms with van der Waals surface area (Å²) in [6, 6.07) is 10.0. The van der Waals surface area contributed by atoms with E-state index < -0.39 is 23.7 Å². The van der Waals surface area contributed by atoms with E-state index in [1.54, 1.807) is 39.0 Å². The van der Waals surface area contributed by atoms with Gasteiger partial charge in [-0.15, -0.1) is 11.3 Å². The molecular formula is C31H39N3O5S. The van der Waals surface area contributed by atoms with Crippen molar-refractivity contribution in [3.63, 3.8) is 0 Å². The van der Waals surface area contributed by atoms with Crippen molar-refractivity contribution in [3.05, 3.63) is 63.7 Å². The first-order valence-electron chi connectivity index (χ1n) is 13.7. The number of nitrogens with zero attached hydrogens (tertiary/aromatic N) is 1. The van der Waals surface area contributed by atoms with Crippen molar-refractivity contribution in [2.75, 3.05) is 6.54 Å². The number of ether oxygens (including phenoxy) is 1. The van der Waals surface area contributed by atoms with Crippen LogP contribution in [0.15, 0.2) is 36.4 Å². The fraction of sp³-hybridized carbons (Fsp3) is 0.484. The molecule has 0 saturated heterocycles. The number of alkyl carbamates (subject to hydrolysis) is 1. The van der Waals surface area contributed by atoms with Crippen LogP contribution in [0.5, 0.6) is 0 Å². The van der Waals surface area contributed by atoms with E-state index in [-0.39, 0.29) is 23.4 Å². The molecule has 214 valence electrons. The van der Waals surface area contributed by atoms with Crippen LogP contribution in [0.2, 0.25) is 0 Å². The quantitative estimate of drug-likeness (QED) is 0.300. The molecule has 1 aromatic carbocycles. The maximum atomic E-state index is 13.4. The van der Waals surface area contributed by atoms with Gasteiger partial charge < -0.3 is 20.5 Å². The number of aryl methyl sites for hydroxylation is 1. The molecular weight excluding hydrogens is 526 g/mol. The van der Waals surface area contributed by atoms with Gasteiger partial charge in [-0.3, -0.25) is 4.79 Å². The molecule has 3 N–H and O–H groups in total. The second-order valence-corrected chi connectivity index (χ2v) is 13.6. The molecule has 0 saturated carbocycles. The summed E-state index contributed by atoms with van der Waals surface area (Å²) < 4.78 is 5.31. The van der Waals surface area contributed by atoms with E-state index >= 15 is 0 Å². The van der Waals surface area contributed by atoms with Crippen molar-refractivity contribution in [1.82, 2.24) is 15.6 Å². The molecule has 0 radical (unpaired) electrons. The third kappa shape index (κ3) is 7.38. The third-order valence-corrected chi connectivity index (χ3v) is 8.31. The zero-order chi connectivity index (χ0) is 29.2. The highest BCUT2D eigenvalue weighted by atomic mass is 32.1. The van der Waals surface area contributed by atoms with Gasteiger partial charge in [0, 0.05) is 17.6 Å². The number of hydrogen-bond donors (Lipinski definition) is 3. The molecule has 0 aliphatic heterocycles. The number of benzene rings is 1. The summed E-state index contributed by atoms with van der Waals surface area (Å²) in [5.41, 5.74) is 2.76. The highest BCUT2D eigenvalue weighted by Gasteiger charge is 2.30. The highest BCUT2D eigenvalue weighted by molar-refractivity contribution is 7.20. The maximum Gasteiger partial charge on any atom is 0.407 e. The van der Waals surface area contributed by atoms with E-state index in [1.807, 2.05) is 6.07 Å². The van der Waals surface area contributed by atoms with E-state index in [0.717, 1.165) is 35.2 Å². The van der Waals surface area contributed by atoms with Gasteiger partial charge in [-0.1, -0.05) is 32.9 Å². The smallest absolute Gasteiger partial charge is 0.407 e. The molecule has 0 spiro atoms. The lowest BCUT2D eigenvalue weighted by atomic mass is 9.71. The molecule has 2 atom stereocenters. The first kappa shape index (κ1) is 29.5. The summed E-state index contributed by atoms with van der Waals surface area (Å²) in [6.45, 7) is 12.4. The van der Waals surface area contributed by atoms with E-state index in [9.17, 15) is 19.5 Å². The topological polar surface area (TPSA) is 118 Å². The second-order valence-electron chi connectivity index (χ2n) is 12.6. The van der Waals surface area contributed by atoms with Gasteiger partial charge in [-0.2, -0.15) is 0 Å². The fourth-order valence-electron chi connectivity index (χ4n) is 5.05. The molecule has 0 bridgehead atoms. The first-order chi connectivity index (χ1) is 18.7. The van der Waals surface area contributed by atoms with Crippen molar-refractivity contribution >= 4 is 39.5 Å². The number of nitrogens with one attached hydrogen (secondary N) is 2. The van der Waals surface area contributed by atoms with Crippen LogP contribution >= 0.6 is 11.3 Å². The van der Waals surface area contributed by atoms with Crippen LogP contribution < -0.4 is 10.6 Å². The van der Waals surface area contributed by atoms with Crippen molar-refractivity contribution < 1.29 is 24.2 Å². The average Bonchev–Trinajstić information content (AvgIpc) is 3.27. The standard InChI is InChI=1S/C31H39N3O5S/c1-30(2,3)22-10-11-23-20(16-22)15-21-17-25(40-27(21)34-23)26(35)33-24(12-13-32-29(38)39-31(4,5)6)18-8-7-9-19(14-18)28(36)37/h7-9,14-15,17,22,24H,10-13,16H2,1-6H3,(H,32,38)(H,33,35)(H,36,37)/t22?,24-/m1/s1. The molecule has 2 amide bonds. The first-order valence-corrected chi connectivity index (χ1v) is 14.5. The molecule has 2 aromatic heterocycles. The minimum atomic E-state index is -1.05. The van der Waals surface area contributed by atoms with Gasteiger partial charge in [-0.05, 0) is 93.2 Å². The van der Waals surface area contributed by atoms with Crippen LogP contribution in [0.1, 0.15) is 97.3 Å². The number of carboxylic acids is 1. The van der Waals surface area contributed by atoms with Gasteiger partial charge >= 0.3 is 12.1 Å². The highest BCUT2D eigenvalue weighted by Crippen LogP contribution is 2.38. The Bertz CT molecular complexity index is 1420. The Hall–Kier alpha value is -3.46. The van der Waals surface area contributed by atoms with Crippen molar-refractivity contribution in [2.24, 2.45) is 11.3 Å². The summed E-state index contributed by atoms with van der Waals surface area (Å²) in [4.78, 5) is 43.5.